The second-order valence-corrected chi connectivity index (χ2v) is 11.7. The molecule has 45 heavy (non-hydrogen) atoms. The van der Waals surface area contributed by atoms with Crippen LogP contribution in [0, 0.1) is 0 Å². The van der Waals surface area contributed by atoms with Crippen LogP contribution in [0.4, 0.5) is 0 Å². The largest absolute Gasteiger partial charge is 0.294 e. The summed E-state index contributed by atoms with van der Waals surface area (Å²) in [6.45, 7) is 0. The lowest BCUT2D eigenvalue weighted by Crippen LogP contribution is -1.99. The van der Waals surface area contributed by atoms with Crippen LogP contribution in [0.15, 0.2) is 152 Å². The molecule has 3 heterocycles. The van der Waals surface area contributed by atoms with Crippen molar-refractivity contribution in [3.63, 3.8) is 0 Å². The van der Waals surface area contributed by atoms with Crippen molar-refractivity contribution in [1.29, 1.82) is 0 Å². The topological polar surface area (TPSA) is 30.7 Å². The summed E-state index contributed by atoms with van der Waals surface area (Å²) in [7, 11) is 0. The Morgan fingerprint density at radius 3 is 2.16 bits per heavy atom. The van der Waals surface area contributed by atoms with E-state index in [0.717, 1.165) is 46.3 Å². The van der Waals surface area contributed by atoms with E-state index < -0.39 is 0 Å². The van der Waals surface area contributed by atoms with Crippen molar-refractivity contribution in [3.05, 3.63) is 158 Å². The Labute approximate surface area is 261 Å². The minimum absolute atomic E-state index is 0.897. The lowest BCUT2D eigenvalue weighted by Gasteiger charge is -2.20. The molecule has 3 nitrogen and oxygen atoms in total. The third kappa shape index (κ3) is 4.12. The van der Waals surface area contributed by atoms with Crippen molar-refractivity contribution in [1.82, 2.24) is 14.5 Å². The van der Waals surface area contributed by atoms with E-state index in [1.807, 2.05) is 12.4 Å². The zero-order valence-electron chi connectivity index (χ0n) is 24.7. The second-order valence-electron chi connectivity index (χ2n) is 11.7. The lowest BCUT2D eigenvalue weighted by molar-refractivity contribution is 1.06. The lowest BCUT2D eigenvalue weighted by atomic mass is 9.83. The van der Waals surface area contributed by atoms with Gasteiger partial charge in [-0.2, -0.15) is 0 Å². The predicted octanol–water partition coefficient (Wildman–Crippen LogP) is 10.9. The fraction of sp³-hybridized carbons (Fsp3) is 0.0476. The average Bonchev–Trinajstić information content (AvgIpc) is 3.45. The molecule has 0 atom stereocenters. The van der Waals surface area contributed by atoms with E-state index in [2.05, 4.69) is 149 Å². The molecule has 8 aromatic rings. The van der Waals surface area contributed by atoms with Crippen molar-refractivity contribution in [2.24, 2.45) is 0 Å². The SMILES string of the molecule is C1=CCCC(c2c3ccccc3c(-c3ccccc3)c3ccc(-c4cccc(-n5c6ccccc6c6cnccc65)n4)cc23)=C1. The number of nitrogens with zero attached hydrogens (tertiary/aromatic N) is 3. The van der Waals surface area contributed by atoms with Crippen LogP contribution in [0.25, 0.3) is 77.1 Å². The van der Waals surface area contributed by atoms with E-state index >= 15 is 0 Å². The highest BCUT2D eigenvalue weighted by Crippen LogP contribution is 2.44. The Balaban J connectivity index is 1.31. The Morgan fingerprint density at radius 1 is 0.556 bits per heavy atom. The van der Waals surface area contributed by atoms with Crippen molar-refractivity contribution in [3.8, 4) is 28.2 Å². The molecular weight excluding hydrogens is 546 g/mol. The maximum Gasteiger partial charge on any atom is 0.138 e. The third-order valence-corrected chi connectivity index (χ3v) is 9.15. The number of allylic oxidation sites excluding steroid dienone is 4. The first kappa shape index (κ1) is 25.7. The standard InChI is InChI=1S/C42H29N3/c1-3-12-28(13-4-1)41-32-17-7-8-18-33(32)42(29-14-5-2-6-15-29)35-26-30(22-23-34(35)41)37-19-11-21-40(44-37)45-38-20-10-9-16-31(38)36-27-43-25-24-39(36)45/h1-5,7-14,16-27H,6,15H2. The highest BCUT2D eigenvalue weighted by molar-refractivity contribution is 6.19. The highest BCUT2D eigenvalue weighted by Gasteiger charge is 2.19. The Morgan fingerprint density at radius 2 is 1.31 bits per heavy atom. The molecule has 3 heteroatoms. The Hall–Kier alpha value is -5.80. The van der Waals surface area contributed by atoms with Gasteiger partial charge in [0.05, 0.1) is 16.7 Å². The van der Waals surface area contributed by atoms with Gasteiger partial charge in [-0.1, -0.05) is 109 Å². The summed E-state index contributed by atoms with van der Waals surface area (Å²) in [4.78, 5) is 9.71. The molecule has 0 amide bonds. The third-order valence-electron chi connectivity index (χ3n) is 9.15. The molecular formula is C42H29N3. The van der Waals surface area contributed by atoms with Crippen LogP contribution in [0.3, 0.4) is 0 Å². The van der Waals surface area contributed by atoms with Gasteiger partial charge in [0.2, 0.25) is 0 Å². The van der Waals surface area contributed by atoms with Gasteiger partial charge in [0.1, 0.15) is 5.82 Å². The molecule has 0 radical (unpaired) electrons. The molecule has 1 aliphatic carbocycles. The van der Waals surface area contributed by atoms with Gasteiger partial charge in [0.25, 0.3) is 0 Å². The Bertz CT molecular complexity index is 2430. The fourth-order valence-corrected chi connectivity index (χ4v) is 7.18. The van der Waals surface area contributed by atoms with E-state index in [9.17, 15) is 0 Å². The van der Waals surface area contributed by atoms with Crippen LogP contribution in [-0.2, 0) is 0 Å². The smallest absolute Gasteiger partial charge is 0.138 e. The number of hydrogen-bond acceptors (Lipinski definition) is 2. The summed E-state index contributed by atoms with van der Waals surface area (Å²) >= 11 is 0. The molecule has 0 unspecified atom stereocenters. The van der Waals surface area contributed by atoms with Crippen LogP contribution < -0.4 is 0 Å². The van der Waals surface area contributed by atoms with Gasteiger partial charge in [0, 0.05) is 28.7 Å². The van der Waals surface area contributed by atoms with E-state index in [0.29, 0.717) is 0 Å². The molecule has 1 aliphatic rings. The Kier molecular flexibility index (Phi) is 5.95. The van der Waals surface area contributed by atoms with Crippen LogP contribution >= 0.6 is 0 Å². The van der Waals surface area contributed by atoms with Crippen molar-refractivity contribution < 1.29 is 0 Å². The molecule has 9 rings (SSSR count). The van der Waals surface area contributed by atoms with E-state index in [1.165, 1.54) is 49.2 Å². The summed E-state index contributed by atoms with van der Waals surface area (Å²) in [5.74, 6) is 0.897. The molecule has 0 fully saturated rings. The van der Waals surface area contributed by atoms with Gasteiger partial charge in [-0.15, -0.1) is 0 Å². The minimum Gasteiger partial charge on any atom is -0.294 e. The van der Waals surface area contributed by atoms with Gasteiger partial charge in [-0.3, -0.25) is 9.55 Å². The first-order valence-corrected chi connectivity index (χ1v) is 15.6. The maximum absolute atomic E-state index is 5.29. The fourth-order valence-electron chi connectivity index (χ4n) is 7.18. The predicted molar refractivity (Wildman–Crippen MR) is 189 cm³/mol. The molecule has 0 saturated carbocycles. The number of pyridine rings is 2. The monoisotopic (exact) mass is 575 g/mol. The maximum atomic E-state index is 5.29. The van der Waals surface area contributed by atoms with Crippen LogP contribution in [-0.4, -0.2) is 14.5 Å². The van der Waals surface area contributed by atoms with Gasteiger partial charge in [0.15, 0.2) is 0 Å². The molecule has 3 aromatic heterocycles. The van der Waals surface area contributed by atoms with Gasteiger partial charge in [-0.05, 0) is 87.0 Å². The summed E-state index contributed by atoms with van der Waals surface area (Å²) in [6, 6.07) is 43.5. The van der Waals surface area contributed by atoms with E-state index in [1.54, 1.807) is 0 Å². The number of benzene rings is 5. The second kappa shape index (κ2) is 10.4. The zero-order valence-corrected chi connectivity index (χ0v) is 24.7. The number of fused-ring (bicyclic) bond motifs is 5. The molecule has 0 spiro atoms. The van der Waals surface area contributed by atoms with Crippen LogP contribution in [0.2, 0.25) is 0 Å². The van der Waals surface area contributed by atoms with Crippen LogP contribution in [0.5, 0.6) is 0 Å². The number of aromatic nitrogens is 3. The van der Waals surface area contributed by atoms with Crippen molar-refractivity contribution in [2.75, 3.05) is 0 Å². The first-order valence-electron chi connectivity index (χ1n) is 15.6. The molecule has 0 aliphatic heterocycles. The summed E-state index contributed by atoms with van der Waals surface area (Å²) in [6.07, 6.45) is 12.7. The normalized spacial score (nSPS) is 13.2. The van der Waals surface area contributed by atoms with Crippen molar-refractivity contribution in [2.45, 2.75) is 12.8 Å². The molecule has 0 saturated heterocycles. The molecule has 212 valence electrons. The molecule has 5 aromatic carbocycles. The number of hydrogen-bond donors (Lipinski definition) is 0. The molecule has 0 bridgehead atoms. The summed E-state index contributed by atoms with van der Waals surface area (Å²) in [5.41, 5.74) is 9.52. The van der Waals surface area contributed by atoms with Gasteiger partial charge in [-0.25, -0.2) is 4.98 Å². The minimum atomic E-state index is 0.897. The number of para-hydroxylation sites is 1. The van der Waals surface area contributed by atoms with E-state index in [-0.39, 0.29) is 0 Å². The van der Waals surface area contributed by atoms with Gasteiger partial charge < -0.3 is 0 Å². The first-order chi connectivity index (χ1) is 22.3. The highest BCUT2D eigenvalue weighted by atomic mass is 15.1. The van der Waals surface area contributed by atoms with E-state index in [4.69, 9.17) is 4.98 Å². The summed E-state index contributed by atoms with van der Waals surface area (Å²) < 4.78 is 2.25. The zero-order chi connectivity index (χ0) is 29.7. The average molecular weight is 576 g/mol. The van der Waals surface area contributed by atoms with Gasteiger partial charge >= 0.3 is 0 Å². The quantitative estimate of drug-likeness (QED) is 0.195. The number of rotatable bonds is 4. The van der Waals surface area contributed by atoms with Crippen molar-refractivity contribution >= 4 is 48.9 Å². The molecule has 0 N–H and O–H groups in total. The van der Waals surface area contributed by atoms with Crippen LogP contribution in [0.1, 0.15) is 18.4 Å². The summed E-state index contributed by atoms with van der Waals surface area (Å²) in [5, 5.41) is 7.42.